The first-order valence-corrected chi connectivity index (χ1v) is 5.15. The summed E-state index contributed by atoms with van der Waals surface area (Å²) in [5.41, 5.74) is 0. The van der Waals surface area contributed by atoms with Gasteiger partial charge in [0, 0.05) is 12.0 Å². The molecule has 0 aromatic rings. The maximum atomic E-state index is 11.2. The molecule has 1 saturated carbocycles. The van der Waals surface area contributed by atoms with E-state index in [0.29, 0.717) is 17.9 Å². The van der Waals surface area contributed by atoms with Crippen molar-refractivity contribution in [2.75, 3.05) is 0 Å². The van der Waals surface area contributed by atoms with Crippen molar-refractivity contribution < 1.29 is 9.53 Å². The standard InChI is InChI=1S/C10H17NO2/c1-6(2)9-7-4-3-5-8(7)13-10(12)11-9/h6-9H,3-5H2,1-2H3,(H,11,12). The third-order valence-corrected chi connectivity index (χ3v) is 3.23. The molecule has 3 heteroatoms. The summed E-state index contributed by atoms with van der Waals surface area (Å²) in [6, 6.07) is 0.328. The van der Waals surface area contributed by atoms with Crippen LogP contribution in [-0.2, 0) is 4.74 Å². The van der Waals surface area contributed by atoms with Crippen LogP contribution in [0.3, 0.4) is 0 Å². The van der Waals surface area contributed by atoms with Crippen LogP contribution in [0.2, 0.25) is 0 Å². The van der Waals surface area contributed by atoms with Crippen molar-refractivity contribution in [2.45, 2.75) is 45.3 Å². The van der Waals surface area contributed by atoms with Gasteiger partial charge < -0.3 is 10.1 Å². The zero-order valence-electron chi connectivity index (χ0n) is 8.25. The average molecular weight is 183 g/mol. The maximum Gasteiger partial charge on any atom is 0.407 e. The van der Waals surface area contributed by atoms with E-state index in [9.17, 15) is 4.79 Å². The number of carbonyl (C=O) groups is 1. The lowest BCUT2D eigenvalue weighted by Gasteiger charge is -2.36. The van der Waals surface area contributed by atoms with Crippen molar-refractivity contribution >= 4 is 6.09 Å². The fourth-order valence-corrected chi connectivity index (χ4v) is 2.59. The van der Waals surface area contributed by atoms with Crippen LogP contribution in [0.15, 0.2) is 0 Å². The molecule has 0 aromatic heterocycles. The Morgan fingerprint density at radius 3 is 2.92 bits per heavy atom. The van der Waals surface area contributed by atoms with Crippen LogP contribution in [0, 0.1) is 11.8 Å². The summed E-state index contributed by atoms with van der Waals surface area (Å²) in [7, 11) is 0. The second-order valence-electron chi connectivity index (χ2n) is 4.45. The molecule has 2 rings (SSSR count). The molecule has 0 spiro atoms. The highest BCUT2D eigenvalue weighted by Crippen LogP contribution is 2.35. The van der Waals surface area contributed by atoms with Gasteiger partial charge in [-0.15, -0.1) is 0 Å². The Labute approximate surface area is 78.8 Å². The Kier molecular flexibility index (Phi) is 2.18. The molecule has 74 valence electrons. The van der Waals surface area contributed by atoms with E-state index in [1.54, 1.807) is 0 Å². The first kappa shape index (κ1) is 8.85. The minimum Gasteiger partial charge on any atom is -0.446 e. The summed E-state index contributed by atoms with van der Waals surface area (Å²) in [6.07, 6.45) is 3.44. The molecule has 2 fully saturated rings. The number of fused-ring (bicyclic) bond motifs is 1. The van der Waals surface area contributed by atoms with E-state index in [-0.39, 0.29) is 12.2 Å². The predicted octanol–water partition coefficient (Wildman–Crippen LogP) is 1.92. The molecule has 0 aromatic carbocycles. The molecule has 0 radical (unpaired) electrons. The van der Waals surface area contributed by atoms with Gasteiger partial charge in [0.05, 0.1) is 0 Å². The van der Waals surface area contributed by atoms with Crippen molar-refractivity contribution in [1.82, 2.24) is 5.32 Å². The summed E-state index contributed by atoms with van der Waals surface area (Å²) in [6.45, 7) is 4.32. The minimum absolute atomic E-state index is 0.196. The molecule has 1 amide bonds. The van der Waals surface area contributed by atoms with Crippen molar-refractivity contribution in [1.29, 1.82) is 0 Å². The third kappa shape index (κ3) is 1.52. The Balaban J connectivity index is 2.12. The van der Waals surface area contributed by atoms with Gasteiger partial charge in [-0.2, -0.15) is 0 Å². The van der Waals surface area contributed by atoms with Gasteiger partial charge in [0.1, 0.15) is 6.10 Å². The van der Waals surface area contributed by atoms with Gasteiger partial charge in [-0.05, 0) is 25.2 Å². The summed E-state index contributed by atoms with van der Waals surface area (Å²) in [5.74, 6) is 1.07. The van der Waals surface area contributed by atoms with Gasteiger partial charge in [-0.25, -0.2) is 4.79 Å². The van der Waals surface area contributed by atoms with E-state index >= 15 is 0 Å². The number of hydrogen-bond acceptors (Lipinski definition) is 2. The van der Waals surface area contributed by atoms with Gasteiger partial charge in [0.15, 0.2) is 0 Å². The monoisotopic (exact) mass is 183 g/mol. The minimum atomic E-state index is -0.221. The highest BCUT2D eigenvalue weighted by Gasteiger charge is 2.42. The Morgan fingerprint density at radius 2 is 2.23 bits per heavy atom. The lowest BCUT2D eigenvalue weighted by Crippen LogP contribution is -2.53. The van der Waals surface area contributed by atoms with Crippen LogP contribution in [0.4, 0.5) is 4.79 Å². The zero-order chi connectivity index (χ0) is 9.42. The first-order chi connectivity index (χ1) is 6.18. The summed E-state index contributed by atoms with van der Waals surface area (Å²) < 4.78 is 5.24. The fraction of sp³-hybridized carbons (Fsp3) is 0.900. The van der Waals surface area contributed by atoms with Crippen LogP contribution < -0.4 is 5.32 Å². The van der Waals surface area contributed by atoms with Crippen LogP contribution >= 0.6 is 0 Å². The summed E-state index contributed by atoms with van der Waals surface area (Å²) in [4.78, 5) is 11.2. The number of hydrogen-bond donors (Lipinski definition) is 1. The molecular formula is C10H17NO2. The number of carbonyl (C=O) groups excluding carboxylic acids is 1. The number of alkyl carbamates (subject to hydrolysis) is 1. The molecule has 1 aliphatic heterocycles. The number of rotatable bonds is 1. The predicted molar refractivity (Wildman–Crippen MR) is 49.4 cm³/mol. The molecule has 1 N–H and O–H groups in total. The van der Waals surface area contributed by atoms with Gasteiger partial charge in [-0.3, -0.25) is 0 Å². The largest absolute Gasteiger partial charge is 0.446 e. The number of nitrogens with one attached hydrogen (secondary N) is 1. The topological polar surface area (TPSA) is 38.3 Å². The Morgan fingerprint density at radius 1 is 1.46 bits per heavy atom. The maximum absolute atomic E-state index is 11.2. The molecule has 1 heterocycles. The van der Waals surface area contributed by atoms with Crippen molar-refractivity contribution in [3.8, 4) is 0 Å². The number of ether oxygens (including phenoxy) is 1. The molecular weight excluding hydrogens is 166 g/mol. The Bertz CT molecular complexity index is 215. The highest BCUT2D eigenvalue weighted by atomic mass is 16.6. The first-order valence-electron chi connectivity index (χ1n) is 5.15. The summed E-state index contributed by atoms with van der Waals surface area (Å²) >= 11 is 0. The fourth-order valence-electron chi connectivity index (χ4n) is 2.59. The van der Waals surface area contributed by atoms with Crippen molar-refractivity contribution in [3.05, 3.63) is 0 Å². The van der Waals surface area contributed by atoms with E-state index in [0.717, 1.165) is 6.42 Å². The van der Waals surface area contributed by atoms with E-state index in [2.05, 4.69) is 19.2 Å². The van der Waals surface area contributed by atoms with Crippen LogP contribution in [0.5, 0.6) is 0 Å². The van der Waals surface area contributed by atoms with Crippen molar-refractivity contribution in [2.24, 2.45) is 11.8 Å². The second kappa shape index (κ2) is 3.20. The van der Waals surface area contributed by atoms with Crippen molar-refractivity contribution in [3.63, 3.8) is 0 Å². The lowest BCUT2D eigenvalue weighted by atomic mass is 9.87. The van der Waals surface area contributed by atoms with E-state index < -0.39 is 0 Å². The molecule has 0 bridgehead atoms. The highest BCUT2D eigenvalue weighted by molar-refractivity contribution is 5.69. The molecule has 1 saturated heterocycles. The number of amides is 1. The summed E-state index contributed by atoms with van der Waals surface area (Å²) in [5, 5.41) is 2.93. The van der Waals surface area contributed by atoms with Gasteiger partial charge in [0.25, 0.3) is 0 Å². The zero-order valence-corrected chi connectivity index (χ0v) is 8.25. The molecule has 3 unspecified atom stereocenters. The van der Waals surface area contributed by atoms with E-state index in [1.807, 2.05) is 0 Å². The lowest BCUT2D eigenvalue weighted by molar-refractivity contribution is 0.0224. The quantitative estimate of drug-likeness (QED) is 0.674. The van der Waals surface area contributed by atoms with Crippen LogP contribution in [0.1, 0.15) is 33.1 Å². The van der Waals surface area contributed by atoms with E-state index in [1.165, 1.54) is 12.8 Å². The second-order valence-corrected chi connectivity index (χ2v) is 4.45. The van der Waals surface area contributed by atoms with Gasteiger partial charge in [0.2, 0.25) is 0 Å². The molecule has 13 heavy (non-hydrogen) atoms. The van der Waals surface area contributed by atoms with Gasteiger partial charge >= 0.3 is 6.09 Å². The van der Waals surface area contributed by atoms with Crippen LogP contribution in [0.25, 0.3) is 0 Å². The molecule has 2 aliphatic rings. The third-order valence-electron chi connectivity index (χ3n) is 3.23. The smallest absolute Gasteiger partial charge is 0.407 e. The molecule has 3 nitrogen and oxygen atoms in total. The van der Waals surface area contributed by atoms with E-state index in [4.69, 9.17) is 4.74 Å². The normalized spacial score (nSPS) is 38.4. The molecule has 1 aliphatic carbocycles. The molecule has 3 atom stereocenters. The van der Waals surface area contributed by atoms with Gasteiger partial charge in [-0.1, -0.05) is 13.8 Å². The Hall–Kier alpha value is -0.730. The van der Waals surface area contributed by atoms with Crippen LogP contribution in [-0.4, -0.2) is 18.2 Å². The average Bonchev–Trinajstić information content (AvgIpc) is 2.49. The SMILES string of the molecule is CC(C)C1NC(=O)OC2CCCC21.